The van der Waals surface area contributed by atoms with Crippen molar-refractivity contribution < 1.29 is 9.47 Å². The van der Waals surface area contributed by atoms with E-state index in [-0.39, 0.29) is 0 Å². The number of methoxy groups -OCH3 is 1. The van der Waals surface area contributed by atoms with Crippen LogP contribution in [0.2, 0.25) is 0 Å². The van der Waals surface area contributed by atoms with E-state index in [0.29, 0.717) is 24.4 Å². The molecule has 6 nitrogen and oxygen atoms in total. The lowest BCUT2D eigenvalue weighted by atomic mass is 10.2. The molecule has 1 saturated heterocycles. The first-order valence-electron chi connectivity index (χ1n) is 7.96. The van der Waals surface area contributed by atoms with Gasteiger partial charge in [0, 0.05) is 43.8 Å². The van der Waals surface area contributed by atoms with Gasteiger partial charge in [-0.1, -0.05) is 0 Å². The molecule has 7 heteroatoms. The van der Waals surface area contributed by atoms with Gasteiger partial charge >= 0.3 is 0 Å². The van der Waals surface area contributed by atoms with E-state index in [1.165, 1.54) is 11.4 Å². The van der Waals surface area contributed by atoms with Gasteiger partial charge in [-0.05, 0) is 45.0 Å². The van der Waals surface area contributed by atoms with Crippen molar-refractivity contribution in [2.45, 2.75) is 39.3 Å². The van der Waals surface area contributed by atoms with E-state index in [9.17, 15) is 0 Å². The van der Waals surface area contributed by atoms with E-state index in [1.807, 2.05) is 0 Å². The van der Waals surface area contributed by atoms with E-state index >= 15 is 0 Å². The minimum Gasteiger partial charge on any atom is -0.383 e. The van der Waals surface area contributed by atoms with Crippen molar-refractivity contribution in [3.8, 4) is 0 Å². The lowest BCUT2D eigenvalue weighted by Crippen LogP contribution is -2.34. The van der Waals surface area contributed by atoms with E-state index in [4.69, 9.17) is 21.7 Å². The second kappa shape index (κ2) is 9.00. The number of nitrogens with one attached hydrogen (secondary N) is 2. The summed E-state index contributed by atoms with van der Waals surface area (Å²) in [5.74, 6) is 0. The van der Waals surface area contributed by atoms with Crippen LogP contribution in [0.1, 0.15) is 29.8 Å². The van der Waals surface area contributed by atoms with Gasteiger partial charge in [0.15, 0.2) is 5.11 Å². The number of hydrazone groups is 1. The first-order valence-corrected chi connectivity index (χ1v) is 8.36. The molecule has 2 heterocycles. The molecule has 1 atom stereocenters. The van der Waals surface area contributed by atoms with Crippen LogP contribution in [0.4, 0.5) is 0 Å². The molecule has 0 radical (unpaired) electrons. The first-order chi connectivity index (χ1) is 11.1. The first kappa shape index (κ1) is 17.9. The lowest BCUT2D eigenvalue weighted by molar-refractivity contribution is 0.0962. The highest BCUT2D eigenvalue weighted by molar-refractivity contribution is 7.80. The summed E-state index contributed by atoms with van der Waals surface area (Å²) in [5.41, 5.74) is 6.33. The largest absolute Gasteiger partial charge is 0.383 e. The molecule has 23 heavy (non-hydrogen) atoms. The summed E-state index contributed by atoms with van der Waals surface area (Å²) in [6, 6.07) is 2.14. The fraction of sp³-hybridized carbons (Fsp3) is 0.625. The highest BCUT2D eigenvalue weighted by Crippen LogP contribution is 2.19. The summed E-state index contributed by atoms with van der Waals surface area (Å²) in [6.45, 7) is 7.29. The van der Waals surface area contributed by atoms with Crippen molar-refractivity contribution in [1.82, 2.24) is 15.3 Å². The molecule has 0 spiro atoms. The normalized spacial score (nSPS) is 17.8. The van der Waals surface area contributed by atoms with Crippen LogP contribution in [0.15, 0.2) is 11.2 Å². The Morgan fingerprint density at radius 2 is 2.39 bits per heavy atom. The molecule has 0 unspecified atom stereocenters. The van der Waals surface area contributed by atoms with Gasteiger partial charge in [-0.3, -0.25) is 5.43 Å². The highest BCUT2D eigenvalue weighted by atomic mass is 32.1. The monoisotopic (exact) mass is 338 g/mol. The van der Waals surface area contributed by atoms with Gasteiger partial charge < -0.3 is 19.4 Å². The van der Waals surface area contributed by atoms with Crippen LogP contribution < -0.4 is 10.7 Å². The molecule has 0 aliphatic carbocycles. The Bertz CT molecular complexity index is 551. The molecule has 1 aliphatic rings. The van der Waals surface area contributed by atoms with Crippen LogP contribution in [0.3, 0.4) is 0 Å². The summed E-state index contributed by atoms with van der Waals surface area (Å²) >= 11 is 5.13. The van der Waals surface area contributed by atoms with Crippen molar-refractivity contribution in [3.05, 3.63) is 23.0 Å². The lowest BCUT2D eigenvalue weighted by Gasteiger charge is -2.14. The maximum atomic E-state index is 5.73. The third-order valence-corrected chi connectivity index (χ3v) is 4.22. The minimum absolute atomic E-state index is 0.334. The third-order valence-electron chi connectivity index (χ3n) is 3.98. The Balaban J connectivity index is 1.89. The molecule has 1 aromatic rings. The van der Waals surface area contributed by atoms with E-state index in [2.05, 4.69) is 40.3 Å². The van der Waals surface area contributed by atoms with Crippen LogP contribution in [-0.2, 0) is 16.0 Å². The Kier molecular flexibility index (Phi) is 7.01. The number of hydrogen-bond donors (Lipinski definition) is 2. The van der Waals surface area contributed by atoms with E-state index in [1.54, 1.807) is 13.3 Å². The number of hydrogen-bond acceptors (Lipinski definition) is 4. The Morgan fingerprint density at radius 1 is 1.57 bits per heavy atom. The van der Waals surface area contributed by atoms with Gasteiger partial charge in [0.2, 0.25) is 0 Å². The SMILES string of the molecule is COCCNC(=S)N/N=C\c1cc(C)n(C[C@@H]2CCCO2)c1C. The molecule has 2 rings (SSSR count). The summed E-state index contributed by atoms with van der Waals surface area (Å²) < 4.78 is 13.0. The fourth-order valence-electron chi connectivity index (χ4n) is 2.70. The number of thiocarbonyl (C=S) groups is 1. The van der Waals surface area contributed by atoms with Gasteiger partial charge in [0.1, 0.15) is 0 Å². The summed E-state index contributed by atoms with van der Waals surface area (Å²) in [6.07, 6.45) is 4.44. The topological polar surface area (TPSA) is 59.8 Å². The summed E-state index contributed by atoms with van der Waals surface area (Å²) in [4.78, 5) is 0. The molecule has 128 valence electrons. The van der Waals surface area contributed by atoms with Gasteiger partial charge in [-0.15, -0.1) is 0 Å². The molecule has 2 N–H and O–H groups in total. The molecule has 1 fully saturated rings. The number of ether oxygens (including phenoxy) is 2. The average Bonchev–Trinajstić information content (AvgIpc) is 3.12. The van der Waals surface area contributed by atoms with E-state index < -0.39 is 0 Å². The zero-order valence-corrected chi connectivity index (χ0v) is 14.9. The average molecular weight is 338 g/mol. The maximum absolute atomic E-state index is 5.73. The van der Waals surface area contributed by atoms with Crippen molar-refractivity contribution >= 4 is 23.5 Å². The molecule has 0 amide bonds. The third kappa shape index (κ3) is 5.30. The Hall–Kier alpha value is -1.44. The maximum Gasteiger partial charge on any atom is 0.187 e. The summed E-state index contributed by atoms with van der Waals surface area (Å²) in [5, 5.41) is 7.70. The van der Waals surface area contributed by atoms with Gasteiger partial charge in [-0.2, -0.15) is 5.10 Å². The quantitative estimate of drug-likeness (QED) is 0.343. The fourth-order valence-corrected chi connectivity index (χ4v) is 2.85. The molecule has 0 aromatic carbocycles. The van der Waals surface area contributed by atoms with Crippen LogP contribution in [0, 0.1) is 13.8 Å². The number of rotatable bonds is 7. The highest BCUT2D eigenvalue weighted by Gasteiger charge is 2.18. The Morgan fingerprint density at radius 3 is 3.09 bits per heavy atom. The molecular weight excluding hydrogens is 312 g/mol. The van der Waals surface area contributed by atoms with Crippen molar-refractivity contribution in [1.29, 1.82) is 0 Å². The second-order valence-electron chi connectivity index (χ2n) is 5.69. The van der Waals surface area contributed by atoms with E-state index in [0.717, 1.165) is 31.6 Å². The number of nitrogens with zero attached hydrogens (tertiary/aromatic N) is 2. The minimum atomic E-state index is 0.334. The van der Waals surface area contributed by atoms with Crippen LogP contribution >= 0.6 is 12.2 Å². The zero-order chi connectivity index (χ0) is 16.7. The summed E-state index contributed by atoms with van der Waals surface area (Å²) in [7, 11) is 1.66. The zero-order valence-electron chi connectivity index (χ0n) is 14.1. The van der Waals surface area contributed by atoms with Gasteiger partial charge in [-0.25, -0.2) is 0 Å². The van der Waals surface area contributed by atoms with Gasteiger partial charge in [0.25, 0.3) is 0 Å². The molecule has 0 bridgehead atoms. The Labute approximate surface area is 143 Å². The van der Waals surface area contributed by atoms with Crippen LogP contribution in [0.25, 0.3) is 0 Å². The van der Waals surface area contributed by atoms with Crippen LogP contribution in [-0.4, -0.2) is 48.9 Å². The van der Waals surface area contributed by atoms with Crippen molar-refractivity contribution in [2.75, 3.05) is 26.9 Å². The van der Waals surface area contributed by atoms with Gasteiger partial charge in [0.05, 0.1) is 18.9 Å². The standard InChI is InChI=1S/C16H26N4O2S/c1-12-9-14(10-18-19-16(23)17-6-8-21-3)13(2)20(12)11-15-5-4-7-22-15/h9-10,15H,4-8,11H2,1-3H3,(H2,17,19,23)/b18-10-/t15-/m0/s1. The molecular formula is C16H26N4O2S. The van der Waals surface area contributed by atoms with Crippen molar-refractivity contribution in [3.63, 3.8) is 0 Å². The number of aromatic nitrogens is 1. The second-order valence-corrected chi connectivity index (χ2v) is 6.10. The van der Waals surface area contributed by atoms with Crippen LogP contribution in [0.5, 0.6) is 0 Å². The predicted octanol–water partition coefficient (Wildman–Crippen LogP) is 1.73. The smallest absolute Gasteiger partial charge is 0.187 e. The predicted molar refractivity (Wildman–Crippen MR) is 96.1 cm³/mol. The number of aryl methyl sites for hydroxylation is 1. The molecule has 0 saturated carbocycles. The molecule has 1 aromatic heterocycles. The van der Waals surface area contributed by atoms with Crippen molar-refractivity contribution in [2.24, 2.45) is 5.10 Å². The molecule has 1 aliphatic heterocycles.